The maximum atomic E-state index is 12.2. The molecule has 2 rings (SSSR count). The number of piperidine rings is 1. The molecule has 16 heavy (non-hydrogen) atoms. The van der Waals surface area contributed by atoms with Crippen LogP contribution in [0.3, 0.4) is 0 Å². The van der Waals surface area contributed by atoms with E-state index in [2.05, 4.69) is 16.9 Å². The van der Waals surface area contributed by atoms with Crippen LogP contribution in [0.5, 0.6) is 0 Å². The minimum atomic E-state index is -3.35. The molecule has 0 amide bonds. The first kappa shape index (κ1) is 11.6. The van der Waals surface area contributed by atoms with Crippen molar-refractivity contribution in [3.8, 4) is 0 Å². The minimum Gasteiger partial charge on any atom is -0.335 e. The maximum absolute atomic E-state index is 12.2. The average molecular weight is 243 g/mol. The SMILES string of the molecule is CCC1CCCN(S(=O)(=O)c2cnc[nH]2)C1. The Hall–Kier alpha value is -0.880. The highest BCUT2D eigenvalue weighted by atomic mass is 32.2. The van der Waals surface area contributed by atoms with Gasteiger partial charge in [-0.2, -0.15) is 4.31 Å². The van der Waals surface area contributed by atoms with Crippen LogP contribution in [-0.4, -0.2) is 35.8 Å². The van der Waals surface area contributed by atoms with Crippen molar-refractivity contribution in [1.29, 1.82) is 0 Å². The average Bonchev–Trinajstić information content (AvgIpc) is 2.83. The molecule has 5 nitrogen and oxygen atoms in total. The molecule has 1 aromatic heterocycles. The van der Waals surface area contributed by atoms with Gasteiger partial charge in [-0.05, 0) is 18.8 Å². The van der Waals surface area contributed by atoms with Crippen LogP contribution in [0.25, 0.3) is 0 Å². The smallest absolute Gasteiger partial charge is 0.260 e. The number of imidazole rings is 1. The molecule has 90 valence electrons. The standard InChI is InChI=1S/C10H17N3O2S/c1-2-9-4-3-5-13(7-9)16(14,15)10-6-11-8-12-10/h6,8-9H,2-5,7H2,1H3,(H,11,12). The van der Waals surface area contributed by atoms with E-state index in [0.717, 1.165) is 19.3 Å². The van der Waals surface area contributed by atoms with Crippen LogP contribution in [-0.2, 0) is 10.0 Å². The molecule has 2 heterocycles. The third-order valence-corrected chi connectivity index (χ3v) is 4.94. The largest absolute Gasteiger partial charge is 0.335 e. The predicted molar refractivity (Wildman–Crippen MR) is 60.4 cm³/mol. The van der Waals surface area contributed by atoms with E-state index in [1.54, 1.807) is 4.31 Å². The van der Waals surface area contributed by atoms with Gasteiger partial charge < -0.3 is 4.98 Å². The van der Waals surface area contributed by atoms with E-state index >= 15 is 0 Å². The second kappa shape index (κ2) is 4.55. The molecule has 1 unspecified atom stereocenters. The van der Waals surface area contributed by atoms with Crippen LogP contribution < -0.4 is 0 Å². The second-order valence-corrected chi connectivity index (χ2v) is 6.10. The first-order chi connectivity index (χ1) is 7.64. The van der Waals surface area contributed by atoms with Crippen molar-refractivity contribution in [1.82, 2.24) is 14.3 Å². The lowest BCUT2D eigenvalue weighted by molar-refractivity contribution is 0.261. The molecule has 1 N–H and O–H groups in total. The van der Waals surface area contributed by atoms with Crippen LogP contribution in [0.2, 0.25) is 0 Å². The van der Waals surface area contributed by atoms with Gasteiger partial charge in [-0.3, -0.25) is 0 Å². The first-order valence-corrected chi connectivity index (χ1v) is 7.07. The highest BCUT2D eigenvalue weighted by Gasteiger charge is 2.30. The van der Waals surface area contributed by atoms with E-state index < -0.39 is 10.0 Å². The third-order valence-electron chi connectivity index (χ3n) is 3.15. The molecule has 1 atom stereocenters. The van der Waals surface area contributed by atoms with Crippen molar-refractivity contribution in [3.05, 3.63) is 12.5 Å². The highest BCUT2D eigenvalue weighted by Crippen LogP contribution is 2.24. The van der Waals surface area contributed by atoms with Gasteiger partial charge in [0, 0.05) is 13.1 Å². The molecule has 0 aliphatic carbocycles. The summed E-state index contributed by atoms with van der Waals surface area (Å²) in [6, 6.07) is 0. The number of hydrogen-bond acceptors (Lipinski definition) is 3. The van der Waals surface area contributed by atoms with Crippen molar-refractivity contribution < 1.29 is 8.42 Å². The first-order valence-electron chi connectivity index (χ1n) is 5.63. The lowest BCUT2D eigenvalue weighted by Gasteiger charge is -2.30. The Kier molecular flexibility index (Phi) is 3.30. The van der Waals surface area contributed by atoms with Crippen molar-refractivity contribution in [2.45, 2.75) is 31.2 Å². The molecule has 1 fully saturated rings. The summed E-state index contributed by atoms with van der Waals surface area (Å²) in [7, 11) is -3.35. The summed E-state index contributed by atoms with van der Waals surface area (Å²) in [6.07, 6.45) is 5.88. The Morgan fingerprint density at radius 2 is 2.44 bits per heavy atom. The van der Waals surface area contributed by atoms with Gasteiger partial charge in [0.1, 0.15) is 0 Å². The lowest BCUT2D eigenvalue weighted by atomic mass is 9.97. The Bertz CT molecular complexity index is 427. The van der Waals surface area contributed by atoms with Crippen molar-refractivity contribution in [3.63, 3.8) is 0 Å². The zero-order valence-corrected chi connectivity index (χ0v) is 10.2. The molecular weight excluding hydrogens is 226 g/mol. The van der Waals surface area contributed by atoms with E-state index in [4.69, 9.17) is 0 Å². The number of nitrogens with zero attached hydrogens (tertiary/aromatic N) is 2. The van der Waals surface area contributed by atoms with E-state index in [1.807, 2.05) is 0 Å². The Morgan fingerprint density at radius 3 is 3.06 bits per heavy atom. The highest BCUT2D eigenvalue weighted by molar-refractivity contribution is 7.89. The van der Waals surface area contributed by atoms with Gasteiger partial charge in [0.2, 0.25) is 0 Å². The van der Waals surface area contributed by atoms with Gasteiger partial charge in [-0.1, -0.05) is 13.3 Å². The van der Waals surface area contributed by atoms with Crippen molar-refractivity contribution in [2.24, 2.45) is 5.92 Å². The summed E-state index contributed by atoms with van der Waals surface area (Å²) in [5.74, 6) is 0.492. The van der Waals surface area contributed by atoms with Crippen LogP contribution >= 0.6 is 0 Å². The zero-order chi connectivity index (χ0) is 11.6. The summed E-state index contributed by atoms with van der Waals surface area (Å²) in [6.45, 7) is 3.37. The topological polar surface area (TPSA) is 66.1 Å². The molecular formula is C10H17N3O2S. The Labute approximate surface area is 95.9 Å². The molecule has 0 saturated carbocycles. The summed E-state index contributed by atoms with van der Waals surface area (Å²) >= 11 is 0. The fourth-order valence-corrected chi connectivity index (χ4v) is 3.55. The second-order valence-electron chi connectivity index (χ2n) is 4.20. The quantitative estimate of drug-likeness (QED) is 0.868. The van der Waals surface area contributed by atoms with Gasteiger partial charge >= 0.3 is 0 Å². The molecule has 1 aliphatic heterocycles. The summed E-state index contributed by atoms with van der Waals surface area (Å²) in [4.78, 5) is 6.43. The molecule has 0 aromatic carbocycles. The van der Waals surface area contributed by atoms with E-state index in [0.29, 0.717) is 19.0 Å². The number of aromatic nitrogens is 2. The fourth-order valence-electron chi connectivity index (χ4n) is 2.10. The van der Waals surface area contributed by atoms with E-state index in [1.165, 1.54) is 12.5 Å². The van der Waals surface area contributed by atoms with E-state index in [9.17, 15) is 8.42 Å². The number of rotatable bonds is 3. The van der Waals surface area contributed by atoms with Gasteiger partial charge in [-0.25, -0.2) is 13.4 Å². The minimum absolute atomic E-state index is 0.198. The number of H-pyrrole nitrogens is 1. The van der Waals surface area contributed by atoms with Gasteiger partial charge in [0.25, 0.3) is 10.0 Å². The number of aromatic amines is 1. The summed E-state index contributed by atoms with van der Waals surface area (Å²) < 4.78 is 25.9. The third kappa shape index (κ3) is 2.12. The number of nitrogens with one attached hydrogen (secondary N) is 1. The van der Waals surface area contributed by atoms with Crippen LogP contribution in [0.15, 0.2) is 17.6 Å². The van der Waals surface area contributed by atoms with Crippen LogP contribution in [0, 0.1) is 5.92 Å². The van der Waals surface area contributed by atoms with Gasteiger partial charge in [0.05, 0.1) is 12.5 Å². The summed E-state index contributed by atoms with van der Waals surface area (Å²) in [5.41, 5.74) is 0. The summed E-state index contributed by atoms with van der Waals surface area (Å²) in [5, 5.41) is 0.198. The van der Waals surface area contributed by atoms with Crippen molar-refractivity contribution in [2.75, 3.05) is 13.1 Å². The molecule has 0 spiro atoms. The van der Waals surface area contributed by atoms with Crippen LogP contribution in [0.4, 0.5) is 0 Å². The molecule has 1 saturated heterocycles. The lowest BCUT2D eigenvalue weighted by Crippen LogP contribution is -2.39. The molecule has 0 bridgehead atoms. The maximum Gasteiger partial charge on any atom is 0.260 e. The molecule has 1 aliphatic rings. The van der Waals surface area contributed by atoms with Crippen molar-refractivity contribution >= 4 is 10.0 Å². The normalized spacial score (nSPS) is 23.4. The molecule has 0 radical (unpaired) electrons. The van der Waals surface area contributed by atoms with Crippen LogP contribution in [0.1, 0.15) is 26.2 Å². The monoisotopic (exact) mass is 243 g/mol. The zero-order valence-electron chi connectivity index (χ0n) is 9.39. The predicted octanol–water partition coefficient (Wildman–Crippen LogP) is 1.22. The number of sulfonamides is 1. The molecule has 1 aromatic rings. The fraction of sp³-hybridized carbons (Fsp3) is 0.700. The van der Waals surface area contributed by atoms with Gasteiger partial charge in [-0.15, -0.1) is 0 Å². The molecule has 6 heteroatoms. The van der Waals surface area contributed by atoms with E-state index in [-0.39, 0.29) is 5.03 Å². The van der Waals surface area contributed by atoms with Gasteiger partial charge in [0.15, 0.2) is 5.03 Å². The Balaban J connectivity index is 2.18. The Morgan fingerprint density at radius 1 is 1.62 bits per heavy atom. The number of hydrogen-bond donors (Lipinski definition) is 1.